The SMILES string of the molecule is O=C(O)Cc1cc(C2CCN(C(=O)C3CCOCC3)CC2)n[nH]1. The van der Waals surface area contributed by atoms with Gasteiger partial charge in [0.25, 0.3) is 0 Å². The third-order valence-corrected chi connectivity index (χ3v) is 4.79. The molecule has 0 bridgehead atoms. The maximum absolute atomic E-state index is 12.5. The maximum Gasteiger partial charge on any atom is 0.309 e. The van der Waals surface area contributed by atoms with E-state index in [1.54, 1.807) is 0 Å². The molecule has 2 N–H and O–H groups in total. The van der Waals surface area contributed by atoms with Gasteiger partial charge in [0.05, 0.1) is 12.1 Å². The van der Waals surface area contributed by atoms with Gasteiger partial charge in [-0.05, 0) is 31.7 Å². The molecular weight excluding hydrogens is 298 g/mol. The second-order valence-corrected chi connectivity index (χ2v) is 6.37. The minimum atomic E-state index is -0.864. The number of carbonyl (C=O) groups is 2. The number of carboxylic acids is 1. The predicted molar refractivity (Wildman–Crippen MR) is 82.0 cm³/mol. The lowest BCUT2D eigenvalue weighted by atomic mass is 9.91. The number of aromatic amines is 1. The predicted octanol–water partition coefficient (Wildman–Crippen LogP) is 1.17. The Morgan fingerprint density at radius 1 is 1.26 bits per heavy atom. The largest absolute Gasteiger partial charge is 0.481 e. The summed E-state index contributed by atoms with van der Waals surface area (Å²) in [5.41, 5.74) is 1.55. The van der Waals surface area contributed by atoms with Crippen LogP contribution in [0, 0.1) is 5.92 Å². The highest BCUT2D eigenvalue weighted by molar-refractivity contribution is 5.79. The molecule has 1 aromatic heterocycles. The zero-order valence-electron chi connectivity index (χ0n) is 13.2. The average Bonchev–Trinajstić information content (AvgIpc) is 3.03. The fourth-order valence-corrected chi connectivity index (χ4v) is 3.44. The van der Waals surface area contributed by atoms with Crippen LogP contribution < -0.4 is 0 Å². The molecule has 23 heavy (non-hydrogen) atoms. The van der Waals surface area contributed by atoms with Gasteiger partial charge in [0.15, 0.2) is 0 Å². The van der Waals surface area contributed by atoms with Crippen LogP contribution in [0.5, 0.6) is 0 Å². The van der Waals surface area contributed by atoms with Crippen molar-refractivity contribution >= 4 is 11.9 Å². The van der Waals surface area contributed by atoms with Gasteiger partial charge in [0.1, 0.15) is 0 Å². The second-order valence-electron chi connectivity index (χ2n) is 6.37. The topological polar surface area (TPSA) is 95.5 Å². The average molecular weight is 321 g/mol. The lowest BCUT2D eigenvalue weighted by Gasteiger charge is -2.34. The fraction of sp³-hybridized carbons (Fsp3) is 0.688. The molecule has 2 fully saturated rings. The first-order chi connectivity index (χ1) is 11.1. The normalized spacial score (nSPS) is 20.6. The van der Waals surface area contributed by atoms with E-state index in [4.69, 9.17) is 9.84 Å². The highest BCUT2D eigenvalue weighted by Crippen LogP contribution is 2.29. The number of ether oxygens (including phenoxy) is 1. The maximum atomic E-state index is 12.5. The number of H-pyrrole nitrogens is 1. The molecule has 0 saturated carbocycles. The highest BCUT2D eigenvalue weighted by Gasteiger charge is 2.30. The van der Waals surface area contributed by atoms with Crippen molar-refractivity contribution in [3.63, 3.8) is 0 Å². The van der Waals surface area contributed by atoms with E-state index in [-0.39, 0.29) is 18.2 Å². The number of carboxylic acid groups (broad SMARTS) is 1. The van der Waals surface area contributed by atoms with Crippen LogP contribution in [0.2, 0.25) is 0 Å². The number of hydrogen-bond acceptors (Lipinski definition) is 4. The van der Waals surface area contributed by atoms with Crippen LogP contribution in [0.25, 0.3) is 0 Å². The fourth-order valence-electron chi connectivity index (χ4n) is 3.44. The van der Waals surface area contributed by atoms with Crippen molar-refractivity contribution in [1.29, 1.82) is 0 Å². The summed E-state index contributed by atoms with van der Waals surface area (Å²) in [4.78, 5) is 25.2. The van der Waals surface area contributed by atoms with Gasteiger partial charge in [-0.25, -0.2) is 0 Å². The Morgan fingerprint density at radius 2 is 1.96 bits per heavy atom. The zero-order valence-corrected chi connectivity index (χ0v) is 13.2. The highest BCUT2D eigenvalue weighted by atomic mass is 16.5. The van der Waals surface area contributed by atoms with E-state index in [0.717, 1.165) is 44.5 Å². The molecular formula is C16H23N3O4. The van der Waals surface area contributed by atoms with Crippen LogP contribution in [0.4, 0.5) is 0 Å². The molecule has 0 spiro atoms. The van der Waals surface area contributed by atoms with E-state index in [9.17, 15) is 9.59 Å². The van der Waals surface area contributed by atoms with Gasteiger partial charge in [0.2, 0.25) is 5.91 Å². The lowest BCUT2D eigenvalue weighted by Crippen LogP contribution is -2.42. The number of aromatic nitrogens is 2. The first-order valence-electron chi connectivity index (χ1n) is 8.26. The van der Waals surface area contributed by atoms with Crippen LogP contribution in [-0.4, -0.2) is 58.4 Å². The Bertz CT molecular complexity index is 557. The van der Waals surface area contributed by atoms with Gasteiger partial charge in [-0.1, -0.05) is 0 Å². The Kier molecular flexibility index (Phi) is 4.95. The van der Waals surface area contributed by atoms with Crippen LogP contribution in [-0.2, 0) is 20.7 Å². The van der Waals surface area contributed by atoms with Gasteiger partial charge in [-0.3, -0.25) is 14.7 Å². The Balaban J connectivity index is 1.52. The third kappa shape index (κ3) is 3.90. The van der Waals surface area contributed by atoms with Crippen molar-refractivity contribution in [2.45, 2.75) is 38.0 Å². The van der Waals surface area contributed by atoms with Crippen molar-refractivity contribution < 1.29 is 19.4 Å². The molecule has 3 rings (SSSR count). The number of nitrogens with zero attached hydrogens (tertiary/aromatic N) is 2. The number of piperidine rings is 1. The van der Waals surface area contributed by atoms with Crippen molar-refractivity contribution in [3.8, 4) is 0 Å². The van der Waals surface area contributed by atoms with E-state index < -0.39 is 5.97 Å². The number of aliphatic carboxylic acids is 1. The Morgan fingerprint density at radius 3 is 2.61 bits per heavy atom. The molecule has 3 heterocycles. The van der Waals surface area contributed by atoms with E-state index in [1.165, 1.54) is 0 Å². The summed E-state index contributed by atoms with van der Waals surface area (Å²) in [7, 11) is 0. The number of amides is 1. The number of carbonyl (C=O) groups excluding carboxylic acids is 1. The Labute approximate surface area is 135 Å². The van der Waals surface area contributed by atoms with Crippen molar-refractivity contribution in [2.24, 2.45) is 5.92 Å². The monoisotopic (exact) mass is 321 g/mol. The van der Waals surface area contributed by atoms with Crippen LogP contribution in [0.1, 0.15) is 43.0 Å². The van der Waals surface area contributed by atoms with Crippen LogP contribution in [0.15, 0.2) is 6.07 Å². The molecule has 0 aromatic carbocycles. The first-order valence-corrected chi connectivity index (χ1v) is 8.26. The summed E-state index contributed by atoms with van der Waals surface area (Å²) in [6.07, 6.45) is 3.39. The van der Waals surface area contributed by atoms with Gasteiger partial charge in [-0.15, -0.1) is 0 Å². The van der Waals surface area contributed by atoms with Crippen LogP contribution in [0.3, 0.4) is 0 Å². The molecule has 1 amide bonds. The standard InChI is InChI=1S/C16H23N3O4/c20-15(21)10-13-9-14(18-17-13)11-1-5-19(6-2-11)16(22)12-3-7-23-8-4-12/h9,11-12H,1-8,10H2,(H,17,18)(H,20,21). The van der Waals surface area contributed by atoms with E-state index in [0.29, 0.717) is 24.8 Å². The molecule has 0 atom stereocenters. The smallest absolute Gasteiger partial charge is 0.309 e. The summed E-state index contributed by atoms with van der Waals surface area (Å²) in [5, 5.41) is 15.8. The number of nitrogens with one attached hydrogen (secondary N) is 1. The summed E-state index contributed by atoms with van der Waals surface area (Å²) in [6, 6.07) is 1.84. The Hall–Kier alpha value is -1.89. The molecule has 0 radical (unpaired) electrons. The molecule has 7 heteroatoms. The van der Waals surface area contributed by atoms with E-state index >= 15 is 0 Å². The molecule has 126 valence electrons. The minimum Gasteiger partial charge on any atom is -0.481 e. The van der Waals surface area contributed by atoms with E-state index in [2.05, 4.69) is 10.2 Å². The first kappa shape index (κ1) is 16.0. The molecule has 0 aliphatic carbocycles. The molecule has 2 aliphatic rings. The van der Waals surface area contributed by atoms with Gasteiger partial charge in [0, 0.05) is 43.8 Å². The molecule has 1 aromatic rings. The molecule has 2 aliphatic heterocycles. The van der Waals surface area contributed by atoms with Crippen LogP contribution >= 0.6 is 0 Å². The minimum absolute atomic E-state index is 0.0336. The second kappa shape index (κ2) is 7.12. The number of likely N-dealkylation sites (tertiary alicyclic amines) is 1. The van der Waals surface area contributed by atoms with Gasteiger partial charge < -0.3 is 14.7 Å². The number of hydrogen-bond donors (Lipinski definition) is 2. The molecule has 0 unspecified atom stereocenters. The summed E-state index contributed by atoms with van der Waals surface area (Å²) in [6.45, 7) is 2.88. The van der Waals surface area contributed by atoms with Gasteiger partial charge in [-0.2, -0.15) is 5.10 Å². The zero-order chi connectivity index (χ0) is 16.2. The van der Waals surface area contributed by atoms with Crippen molar-refractivity contribution in [1.82, 2.24) is 15.1 Å². The van der Waals surface area contributed by atoms with Crippen molar-refractivity contribution in [3.05, 3.63) is 17.5 Å². The quantitative estimate of drug-likeness (QED) is 0.868. The number of rotatable bonds is 4. The molecule has 7 nitrogen and oxygen atoms in total. The summed E-state index contributed by atoms with van der Waals surface area (Å²) in [5.74, 6) is -0.183. The van der Waals surface area contributed by atoms with Gasteiger partial charge >= 0.3 is 5.97 Å². The molecule has 2 saturated heterocycles. The van der Waals surface area contributed by atoms with Crippen molar-refractivity contribution in [2.75, 3.05) is 26.3 Å². The summed E-state index contributed by atoms with van der Waals surface area (Å²) < 4.78 is 5.32. The summed E-state index contributed by atoms with van der Waals surface area (Å²) >= 11 is 0. The third-order valence-electron chi connectivity index (χ3n) is 4.79. The van der Waals surface area contributed by atoms with E-state index in [1.807, 2.05) is 11.0 Å². The lowest BCUT2D eigenvalue weighted by molar-refractivity contribution is -0.139.